The lowest BCUT2D eigenvalue weighted by molar-refractivity contribution is -0.149. The molecule has 2 heterocycles. The summed E-state index contributed by atoms with van der Waals surface area (Å²) in [6.07, 6.45) is 7.09. The first-order valence-corrected chi connectivity index (χ1v) is 19.0. The number of carbonyl (C=O) groups excluding carboxylic acids is 5. The second-order valence-corrected chi connectivity index (χ2v) is 15.2. The summed E-state index contributed by atoms with van der Waals surface area (Å²) in [5.41, 5.74) is 0.232. The van der Waals surface area contributed by atoms with E-state index in [-0.39, 0.29) is 71.7 Å². The van der Waals surface area contributed by atoms with Crippen LogP contribution < -0.4 is 10.6 Å². The lowest BCUT2D eigenvalue weighted by Gasteiger charge is -2.38. The minimum Gasteiger partial charge on any atom is -0.469 e. The van der Waals surface area contributed by atoms with Crippen LogP contribution in [0.2, 0.25) is 0 Å². The van der Waals surface area contributed by atoms with E-state index in [1.165, 1.54) is 25.4 Å². The topological polar surface area (TPSA) is 147 Å². The highest BCUT2D eigenvalue weighted by Gasteiger charge is 2.37. The third-order valence-electron chi connectivity index (χ3n) is 9.95. The van der Waals surface area contributed by atoms with Gasteiger partial charge in [-0.3, -0.25) is 28.9 Å². The zero-order valence-electron chi connectivity index (χ0n) is 30.8. The molecule has 0 radical (unpaired) electrons. The van der Waals surface area contributed by atoms with E-state index in [1.807, 2.05) is 27.7 Å². The monoisotopic (exact) mass is 705 g/mol. The lowest BCUT2D eigenvalue weighted by atomic mass is 9.86. The van der Waals surface area contributed by atoms with E-state index in [2.05, 4.69) is 27.4 Å². The number of ether oxygens (including phenoxy) is 2. The number of rotatable bonds is 16. The molecule has 276 valence electrons. The standard InChI is InChI=1S/C36H59N5O7S/c1-9-10-18-41-19-12-11-13-28(41)33(44)39-31(23(4)5)35(45)40(7)29(22(2)3)20-30(48-24(6)42)34-38-27(21-49-34)32(43)37-26-16-14-25(15-17-26)36(46)47-8/h21-23,25-26,28-31H,9-20H2,1-8H3,(H,37,43)(H,39,44)/t25-,26-,28-,29-,30-,31+/m1/s1. The minimum absolute atomic E-state index is 0.0127. The van der Waals surface area contributed by atoms with E-state index in [0.717, 1.165) is 45.2 Å². The summed E-state index contributed by atoms with van der Waals surface area (Å²) in [4.78, 5) is 73.5. The smallest absolute Gasteiger partial charge is 0.308 e. The molecule has 2 fully saturated rings. The van der Waals surface area contributed by atoms with Crippen molar-refractivity contribution in [3.8, 4) is 0 Å². The molecule has 49 heavy (non-hydrogen) atoms. The summed E-state index contributed by atoms with van der Waals surface area (Å²) in [6.45, 7) is 13.1. The van der Waals surface area contributed by atoms with Gasteiger partial charge in [-0.1, -0.05) is 47.5 Å². The van der Waals surface area contributed by atoms with Crippen molar-refractivity contribution in [1.29, 1.82) is 0 Å². The molecule has 0 aromatic carbocycles. The number of unbranched alkanes of at least 4 members (excludes halogenated alkanes) is 1. The molecule has 0 spiro atoms. The van der Waals surface area contributed by atoms with Crippen LogP contribution in [0.1, 0.15) is 127 Å². The maximum Gasteiger partial charge on any atom is 0.308 e. The summed E-state index contributed by atoms with van der Waals surface area (Å²) in [7, 11) is 3.13. The van der Waals surface area contributed by atoms with E-state index in [4.69, 9.17) is 9.47 Å². The number of aromatic nitrogens is 1. The van der Waals surface area contributed by atoms with Crippen molar-refractivity contribution in [2.75, 3.05) is 27.2 Å². The number of thiazole rings is 1. The second-order valence-electron chi connectivity index (χ2n) is 14.3. The van der Waals surface area contributed by atoms with Gasteiger partial charge in [0.05, 0.1) is 19.1 Å². The van der Waals surface area contributed by atoms with Crippen molar-refractivity contribution < 1.29 is 33.4 Å². The summed E-state index contributed by atoms with van der Waals surface area (Å²) >= 11 is 1.24. The molecule has 1 aromatic heterocycles. The number of likely N-dealkylation sites (N-methyl/N-ethyl adjacent to an activating group) is 1. The highest BCUT2D eigenvalue weighted by atomic mass is 32.1. The maximum atomic E-state index is 14.1. The van der Waals surface area contributed by atoms with Crippen LogP contribution in [0.5, 0.6) is 0 Å². The van der Waals surface area contributed by atoms with Crippen molar-refractivity contribution in [3.05, 3.63) is 16.1 Å². The molecule has 4 atom stereocenters. The van der Waals surface area contributed by atoms with E-state index >= 15 is 0 Å². The molecule has 12 nitrogen and oxygen atoms in total. The number of nitrogens with one attached hydrogen (secondary N) is 2. The number of amides is 3. The Balaban J connectivity index is 1.71. The number of hydrogen-bond donors (Lipinski definition) is 2. The molecule has 1 aliphatic carbocycles. The molecule has 1 aromatic rings. The Bertz CT molecular complexity index is 1260. The van der Waals surface area contributed by atoms with Gasteiger partial charge < -0.3 is 25.0 Å². The lowest BCUT2D eigenvalue weighted by Crippen LogP contribution is -2.58. The van der Waals surface area contributed by atoms with E-state index in [0.29, 0.717) is 30.7 Å². The van der Waals surface area contributed by atoms with Gasteiger partial charge in [0, 0.05) is 37.9 Å². The molecule has 1 saturated heterocycles. The average Bonchev–Trinajstić information content (AvgIpc) is 3.57. The van der Waals surface area contributed by atoms with Crippen molar-refractivity contribution >= 4 is 41.0 Å². The van der Waals surface area contributed by atoms with Crippen LogP contribution in [-0.4, -0.2) is 95.9 Å². The fraction of sp³-hybridized carbons (Fsp3) is 0.778. The van der Waals surface area contributed by atoms with Gasteiger partial charge in [-0.25, -0.2) is 4.98 Å². The molecule has 0 unspecified atom stereocenters. The number of carbonyl (C=O) groups is 5. The number of nitrogens with zero attached hydrogens (tertiary/aromatic N) is 3. The molecular formula is C36H59N5O7S. The van der Waals surface area contributed by atoms with Crippen molar-refractivity contribution in [1.82, 2.24) is 25.4 Å². The van der Waals surface area contributed by atoms with E-state index < -0.39 is 18.1 Å². The average molecular weight is 706 g/mol. The molecule has 3 rings (SSSR count). The first-order chi connectivity index (χ1) is 23.3. The van der Waals surface area contributed by atoms with E-state index in [1.54, 1.807) is 17.3 Å². The Morgan fingerprint density at radius 3 is 2.33 bits per heavy atom. The van der Waals surface area contributed by atoms with Crippen LogP contribution in [0.4, 0.5) is 0 Å². The zero-order chi connectivity index (χ0) is 36.2. The van der Waals surface area contributed by atoms with Crippen LogP contribution in [0.15, 0.2) is 5.38 Å². The van der Waals surface area contributed by atoms with Crippen LogP contribution in [-0.2, 0) is 28.7 Å². The van der Waals surface area contributed by atoms with Crippen LogP contribution in [0.3, 0.4) is 0 Å². The SMILES string of the molecule is CCCCN1CCCC[C@@H]1C(=O)N[C@H](C(=O)N(C)[C@H](C[C@@H](OC(C)=O)c1nc(C(=O)N[C@H]2CC[C@H](C(=O)OC)CC2)cs1)C(C)C)C(C)C. The molecule has 2 aliphatic rings. The Morgan fingerprint density at radius 2 is 1.73 bits per heavy atom. The van der Waals surface area contributed by atoms with Gasteiger partial charge in [-0.05, 0) is 69.9 Å². The van der Waals surface area contributed by atoms with Crippen LogP contribution in [0, 0.1) is 17.8 Å². The van der Waals surface area contributed by atoms with Gasteiger partial charge in [0.2, 0.25) is 11.8 Å². The van der Waals surface area contributed by atoms with Gasteiger partial charge in [0.1, 0.15) is 16.7 Å². The Labute approximate surface area is 296 Å². The molecule has 1 aliphatic heterocycles. The Kier molecular flexibility index (Phi) is 16.0. The summed E-state index contributed by atoms with van der Waals surface area (Å²) in [5, 5.41) is 8.26. The summed E-state index contributed by atoms with van der Waals surface area (Å²) in [6, 6.07) is -1.37. The number of piperidine rings is 1. The highest BCUT2D eigenvalue weighted by molar-refractivity contribution is 7.09. The maximum absolute atomic E-state index is 14.1. The van der Waals surface area contributed by atoms with Crippen molar-refractivity contribution in [2.45, 2.75) is 136 Å². The highest BCUT2D eigenvalue weighted by Crippen LogP contribution is 2.31. The third-order valence-corrected chi connectivity index (χ3v) is 10.9. The fourth-order valence-electron chi connectivity index (χ4n) is 7.00. The van der Waals surface area contributed by atoms with Crippen LogP contribution >= 0.6 is 11.3 Å². The van der Waals surface area contributed by atoms with E-state index in [9.17, 15) is 24.0 Å². The summed E-state index contributed by atoms with van der Waals surface area (Å²) < 4.78 is 10.6. The third kappa shape index (κ3) is 11.5. The normalized spacial score (nSPS) is 21.8. The van der Waals surface area contributed by atoms with Gasteiger partial charge in [0.15, 0.2) is 6.10 Å². The predicted molar refractivity (Wildman–Crippen MR) is 189 cm³/mol. The Hall–Kier alpha value is -3.06. The molecule has 1 saturated carbocycles. The van der Waals surface area contributed by atoms with Crippen LogP contribution in [0.25, 0.3) is 0 Å². The van der Waals surface area contributed by atoms with Gasteiger partial charge >= 0.3 is 11.9 Å². The largest absolute Gasteiger partial charge is 0.469 e. The second kappa shape index (κ2) is 19.4. The first kappa shape index (κ1) is 40.4. The van der Waals surface area contributed by atoms with Gasteiger partial charge in [0.25, 0.3) is 5.91 Å². The number of methoxy groups -OCH3 is 1. The Morgan fingerprint density at radius 1 is 1.04 bits per heavy atom. The minimum atomic E-state index is -0.774. The first-order valence-electron chi connectivity index (χ1n) is 18.1. The van der Waals surface area contributed by atoms with Gasteiger partial charge in [-0.2, -0.15) is 0 Å². The molecular weight excluding hydrogens is 646 g/mol. The number of esters is 2. The zero-order valence-corrected chi connectivity index (χ0v) is 31.6. The number of likely N-dealkylation sites (tertiary alicyclic amines) is 1. The predicted octanol–water partition coefficient (Wildman–Crippen LogP) is 4.88. The molecule has 3 amide bonds. The summed E-state index contributed by atoms with van der Waals surface area (Å²) in [5.74, 6) is -1.60. The fourth-order valence-corrected chi connectivity index (χ4v) is 7.84. The molecule has 13 heteroatoms. The van der Waals surface area contributed by atoms with Crippen molar-refractivity contribution in [3.63, 3.8) is 0 Å². The van der Waals surface area contributed by atoms with Crippen molar-refractivity contribution in [2.24, 2.45) is 17.8 Å². The quantitative estimate of drug-likeness (QED) is 0.230. The number of hydrogen-bond acceptors (Lipinski definition) is 10. The molecule has 2 N–H and O–H groups in total. The molecule has 0 bridgehead atoms. The van der Waals surface area contributed by atoms with Gasteiger partial charge in [-0.15, -0.1) is 11.3 Å².